The molecule has 0 amide bonds. The lowest BCUT2D eigenvalue weighted by Gasteiger charge is -2.15. The molecule has 2 radical (unpaired) electrons. The molecule has 0 saturated heterocycles. The highest BCUT2D eigenvalue weighted by molar-refractivity contribution is 5.49. The number of rotatable bonds is 3. The predicted octanol–water partition coefficient (Wildman–Crippen LogP) is 2.76. The van der Waals surface area contributed by atoms with Crippen LogP contribution < -0.4 is 0 Å². The minimum atomic E-state index is -0.0962. The van der Waals surface area contributed by atoms with E-state index in [2.05, 4.69) is 12.2 Å². The molecule has 0 unspecified atom stereocenters. The molecule has 13 heavy (non-hydrogen) atoms. The first-order chi connectivity index (χ1) is 6.42. The summed E-state index contributed by atoms with van der Waals surface area (Å²) in [5, 5.41) is 11.0. The molecule has 0 saturated carbocycles. The lowest BCUT2D eigenvalue weighted by molar-refractivity contribution is 0.211. The summed E-state index contributed by atoms with van der Waals surface area (Å²) in [4.78, 5) is 0. The van der Waals surface area contributed by atoms with Crippen molar-refractivity contribution in [2.45, 2.75) is 12.8 Å². The second kappa shape index (κ2) is 3.75. The van der Waals surface area contributed by atoms with Crippen molar-refractivity contribution in [3.63, 3.8) is 0 Å². The molecule has 0 aromatic carbocycles. The van der Waals surface area contributed by atoms with Crippen molar-refractivity contribution in [2.75, 3.05) is 6.61 Å². The van der Waals surface area contributed by atoms with Crippen LogP contribution in [0, 0.1) is 5.92 Å². The maximum Gasteiger partial charge on any atom is 0.0966 e. The molecule has 0 atom stereocenters. The molecule has 66 valence electrons. The zero-order valence-corrected chi connectivity index (χ0v) is 7.49. The summed E-state index contributed by atoms with van der Waals surface area (Å²) < 4.78 is 0. The van der Waals surface area contributed by atoms with E-state index in [4.69, 9.17) is 0 Å². The van der Waals surface area contributed by atoms with Gasteiger partial charge in [-0.1, -0.05) is 47.6 Å². The molecule has 2 rings (SSSR count). The highest BCUT2D eigenvalue weighted by atomic mass is 16.3. The second-order valence-electron chi connectivity index (χ2n) is 3.27. The Bertz CT molecular complexity index is 275. The smallest absolute Gasteiger partial charge is 0.0966 e. The van der Waals surface area contributed by atoms with Crippen LogP contribution in [0.3, 0.4) is 0 Å². The average molecular weight is 172 g/mol. The van der Waals surface area contributed by atoms with E-state index >= 15 is 0 Å². The van der Waals surface area contributed by atoms with Crippen LogP contribution in [0.15, 0.2) is 47.6 Å². The van der Waals surface area contributed by atoms with Gasteiger partial charge < -0.3 is 0 Å². The molecule has 0 spiro atoms. The molecule has 0 aromatic heterocycles. The second-order valence-corrected chi connectivity index (χ2v) is 3.27. The number of hydrogen-bond acceptors (Lipinski definition) is 0. The van der Waals surface area contributed by atoms with Crippen molar-refractivity contribution in [3.8, 4) is 0 Å². The van der Waals surface area contributed by atoms with Crippen molar-refractivity contribution in [1.82, 2.24) is 0 Å². The maximum absolute atomic E-state index is 11.0. The first kappa shape index (κ1) is 8.52. The van der Waals surface area contributed by atoms with Crippen molar-refractivity contribution in [2.24, 2.45) is 0 Å². The Morgan fingerprint density at radius 1 is 1.08 bits per heavy atom. The SMILES string of the molecule is [O]C[C](C1=CC=CC1)C1=CC=CC1. The van der Waals surface area contributed by atoms with Gasteiger partial charge in [0.1, 0.15) is 0 Å². The van der Waals surface area contributed by atoms with E-state index in [1.165, 1.54) is 11.1 Å². The summed E-state index contributed by atoms with van der Waals surface area (Å²) in [6.45, 7) is -0.0962. The first-order valence-corrected chi connectivity index (χ1v) is 4.58. The number of hydrogen-bond donors (Lipinski definition) is 0. The zero-order valence-electron chi connectivity index (χ0n) is 7.49. The quantitative estimate of drug-likeness (QED) is 0.623. The summed E-state index contributed by atoms with van der Waals surface area (Å²) in [5.41, 5.74) is 2.40. The minimum Gasteiger partial charge on any atom is -0.235 e. The monoisotopic (exact) mass is 172 g/mol. The Hall–Kier alpha value is -1.08. The van der Waals surface area contributed by atoms with Gasteiger partial charge in [-0.05, 0) is 12.8 Å². The third-order valence-electron chi connectivity index (χ3n) is 2.46. The molecule has 2 aliphatic rings. The fraction of sp³-hybridized carbons (Fsp3) is 0.250. The van der Waals surface area contributed by atoms with E-state index in [0.717, 1.165) is 18.8 Å². The normalized spacial score (nSPS) is 19.8. The molecule has 1 nitrogen and oxygen atoms in total. The Labute approximate surface area is 78.8 Å². The van der Waals surface area contributed by atoms with Crippen molar-refractivity contribution >= 4 is 0 Å². The van der Waals surface area contributed by atoms with Gasteiger partial charge in [0.05, 0.1) is 12.5 Å². The van der Waals surface area contributed by atoms with Crippen LogP contribution >= 0.6 is 0 Å². The summed E-state index contributed by atoms with van der Waals surface area (Å²) in [5.74, 6) is 0.995. The fourth-order valence-electron chi connectivity index (χ4n) is 1.73. The molecule has 1 heteroatoms. The predicted molar refractivity (Wildman–Crippen MR) is 52.5 cm³/mol. The van der Waals surface area contributed by atoms with Crippen molar-refractivity contribution < 1.29 is 5.11 Å². The fourth-order valence-corrected chi connectivity index (χ4v) is 1.73. The van der Waals surface area contributed by atoms with E-state index in [0.29, 0.717) is 0 Å². The van der Waals surface area contributed by atoms with Gasteiger partial charge in [-0.15, -0.1) is 0 Å². The number of allylic oxidation sites excluding steroid dienone is 6. The molecule has 0 aromatic rings. The molecule has 0 heterocycles. The largest absolute Gasteiger partial charge is 0.235 e. The topological polar surface area (TPSA) is 19.9 Å². The third kappa shape index (κ3) is 1.65. The highest BCUT2D eigenvalue weighted by Gasteiger charge is 2.20. The lowest BCUT2D eigenvalue weighted by atomic mass is 9.90. The minimum absolute atomic E-state index is 0.0962. The van der Waals surface area contributed by atoms with E-state index in [1.807, 2.05) is 24.3 Å². The van der Waals surface area contributed by atoms with Crippen molar-refractivity contribution in [1.29, 1.82) is 0 Å². The Kier molecular flexibility index (Phi) is 2.46. The average Bonchev–Trinajstić information content (AvgIpc) is 2.76. The van der Waals surface area contributed by atoms with Crippen molar-refractivity contribution in [3.05, 3.63) is 53.5 Å². The first-order valence-electron chi connectivity index (χ1n) is 4.58. The lowest BCUT2D eigenvalue weighted by Crippen LogP contribution is -2.07. The molecular weight excluding hydrogens is 160 g/mol. The van der Waals surface area contributed by atoms with Gasteiger partial charge in [0, 0.05) is 0 Å². The Balaban J connectivity index is 2.09. The maximum atomic E-state index is 11.0. The summed E-state index contributed by atoms with van der Waals surface area (Å²) in [6.07, 6.45) is 14.2. The van der Waals surface area contributed by atoms with Crippen LogP contribution in [0.1, 0.15) is 12.8 Å². The Morgan fingerprint density at radius 3 is 1.92 bits per heavy atom. The van der Waals surface area contributed by atoms with Crippen LogP contribution in [0.2, 0.25) is 0 Å². The van der Waals surface area contributed by atoms with Gasteiger partial charge in [-0.3, -0.25) is 0 Å². The summed E-state index contributed by atoms with van der Waals surface area (Å²) in [7, 11) is 0. The van der Waals surface area contributed by atoms with Gasteiger partial charge in [0.2, 0.25) is 0 Å². The van der Waals surface area contributed by atoms with Gasteiger partial charge in [-0.25, -0.2) is 5.11 Å². The molecular formula is C12H12O. The molecule has 0 aliphatic heterocycles. The molecule has 0 N–H and O–H groups in total. The standard InChI is InChI=1S/C12H12O/c13-9-12(10-5-1-2-6-10)11-7-3-4-8-11/h1-5,7H,6,8-9H2. The van der Waals surface area contributed by atoms with Crippen LogP contribution in [-0.4, -0.2) is 6.61 Å². The van der Waals surface area contributed by atoms with Crippen LogP contribution in [0.4, 0.5) is 0 Å². The van der Waals surface area contributed by atoms with E-state index in [9.17, 15) is 5.11 Å². The van der Waals surface area contributed by atoms with Gasteiger partial charge in [0.25, 0.3) is 0 Å². The van der Waals surface area contributed by atoms with E-state index < -0.39 is 0 Å². The van der Waals surface area contributed by atoms with Gasteiger partial charge in [-0.2, -0.15) is 0 Å². The Morgan fingerprint density at radius 2 is 1.62 bits per heavy atom. The van der Waals surface area contributed by atoms with E-state index in [1.54, 1.807) is 0 Å². The van der Waals surface area contributed by atoms with Crippen LogP contribution in [0.5, 0.6) is 0 Å². The summed E-state index contributed by atoms with van der Waals surface area (Å²) in [6, 6.07) is 0. The van der Waals surface area contributed by atoms with Gasteiger partial charge >= 0.3 is 0 Å². The van der Waals surface area contributed by atoms with Crippen LogP contribution in [0.25, 0.3) is 0 Å². The third-order valence-corrected chi connectivity index (χ3v) is 2.46. The van der Waals surface area contributed by atoms with E-state index in [-0.39, 0.29) is 6.61 Å². The molecule has 2 aliphatic carbocycles. The van der Waals surface area contributed by atoms with Gasteiger partial charge in [0.15, 0.2) is 0 Å². The van der Waals surface area contributed by atoms with Crippen LogP contribution in [-0.2, 0) is 5.11 Å². The highest BCUT2D eigenvalue weighted by Crippen LogP contribution is 2.32. The molecule has 0 fully saturated rings. The molecule has 0 bridgehead atoms. The zero-order chi connectivity index (χ0) is 9.10. The summed E-state index contributed by atoms with van der Waals surface area (Å²) >= 11 is 0.